The molecule has 0 aliphatic rings. The third-order valence-corrected chi connectivity index (χ3v) is 4.65. The smallest absolute Gasteiger partial charge is 0.478 e. The van der Waals surface area contributed by atoms with Crippen molar-refractivity contribution < 1.29 is 19.5 Å². The van der Waals surface area contributed by atoms with Gasteiger partial charge in [-0.1, -0.05) is 30.3 Å². The Balaban J connectivity index is 1.89. The minimum Gasteiger partial charge on any atom is -0.478 e. The molecule has 0 radical (unpaired) electrons. The molecule has 0 amide bonds. The lowest BCUT2D eigenvalue weighted by molar-refractivity contribution is 0.328. The van der Waals surface area contributed by atoms with Gasteiger partial charge in [-0.3, -0.25) is 0 Å². The van der Waals surface area contributed by atoms with Crippen molar-refractivity contribution in [3.05, 3.63) is 54.6 Å². The number of benzene rings is 2. The van der Waals surface area contributed by atoms with Crippen molar-refractivity contribution in [2.45, 2.75) is 13.8 Å². The van der Waals surface area contributed by atoms with Crippen molar-refractivity contribution in [3.8, 4) is 22.9 Å². The minimum atomic E-state index is -1.65. The first-order valence-electron chi connectivity index (χ1n) is 9.57. The molecular formula is C22H21BN2O4. The van der Waals surface area contributed by atoms with Crippen LogP contribution in [0.1, 0.15) is 13.8 Å². The topological polar surface area (TPSA) is 84.7 Å². The van der Waals surface area contributed by atoms with E-state index in [0.29, 0.717) is 24.6 Å². The van der Waals surface area contributed by atoms with Crippen LogP contribution in [0.4, 0.5) is 0 Å². The highest BCUT2D eigenvalue weighted by Gasteiger charge is 2.20. The molecule has 0 aliphatic carbocycles. The van der Waals surface area contributed by atoms with E-state index in [0.717, 1.165) is 27.4 Å². The highest BCUT2D eigenvalue weighted by atomic mass is 16.5. The van der Waals surface area contributed by atoms with Gasteiger partial charge in [-0.25, -0.2) is 9.97 Å². The SMILES string of the molecule is CCOc1nc2cc(-c3cc4ccccc4nc3OCC)ccc2cc1B(O)O. The molecule has 0 bridgehead atoms. The number of ether oxygens (including phenoxy) is 2. The molecule has 0 spiro atoms. The molecule has 0 saturated carbocycles. The van der Waals surface area contributed by atoms with Crippen molar-refractivity contribution in [3.63, 3.8) is 0 Å². The number of fused-ring (bicyclic) bond motifs is 2. The zero-order valence-electron chi connectivity index (χ0n) is 16.3. The van der Waals surface area contributed by atoms with Crippen LogP contribution >= 0.6 is 0 Å². The van der Waals surface area contributed by atoms with E-state index < -0.39 is 7.12 Å². The molecule has 4 aromatic rings. The van der Waals surface area contributed by atoms with Crippen LogP contribution in [0, 0.1) is 0 Å². The molecule has 0 aliphatic heterocycles. The monoisotopic (exact) mass is 388 g/mol. The van der Waals surface area contributed by atoms with Gasteiger partial charge in [0.15, 0.2) is 0 Å². The van der Waals surface area contributed by atoms with E-state index in [4.69, 9.17) is 9.47 Å². The second-order valence-corrected chi connectivity index (χ2v) is 6.56. The van der Waals surface area contributed by atoms with Gasteiger partial charge in [0, 0.05) is 21.8 Å². The summed E-state index contributed by atoms with van der Waals surface area (Å²) in [5, 5.41) is 21.1. The summed E-state index contributed by atoms with van der Waals surface area (Å²) in [5.74, 6) is 0.784. The van der Waals surface area contributed by atoms with E-state index in [9.17, 15) is 10.0 Å². The van der Waals surface area contributed by atoms with Crippen LogP contribution in [0.2, 0.25) is 0 Å². The molecule has 6 nitrogen and oxygen atoms in total. The predicted octanol–water partition coefficient (Wildman–Crippen LogP) is 2.93. The van der Waals surface area contributed by atoms with Gasteiger partial charge in [0.1, 0.15) is 0 Å². The number of hydrogen-bond acceptors (Lipinski definition) is 6. The maximum absolute atomic E-state index is 9.63. The molecule has 2 heterocycles. The highest BCUT2D eigenvalue weighted by molar-refractivity contribution is 6.60. The largest absolute Gasteiger partial charge is 0.494 e. The number of aromatic nitrogens is 2. The van der Waals surface area contributed by atoms with E-state index in [1.807, 2.05) is 56.3 Å². The van der Waals surface area contributed by atoms with Gasteiger partial charge < -0.3 is 19.5 Å². The zero-order chi connectivity index (χ0) is 20.4. The standard InChI is InChI=1S/C22H21BN2O4/c1-3-28-21-17(11-15-7-5-6-8-19(15)24-21)14-9-10-16-12-18(23(26)27)22(29-4-2)25-20(16)13-14/h5-13,26-27H,3-4H2,1-2H3. The Kier molecular flexibility index (Phi) is 5.33. The molecule has 2 aromatic carbocycles. The molecule has 4 rings (SSSR count). The van der Waals surface area contributed by atoms with Gasteiger partial charge in [0.25, 0.3) is 0 Å². The summed E-state index contributed by atoms with van der Waals surface area (Å²) in [6, 6.07) is 17.4. The Morgan fingerprint density at radius 3 is 2.24 bits per heavy atom. The van der Waals surface area contributed by atoms with Gasteiger partial charge in [-0.15, -0.1) is 0 Å². The number of nitrogens with zero attached hydrogens (tertiary/aromatic N) is 2. The summed E-state index contributed by atoms with van der Waals surface area (Å²) in [6.07, 6.45) is 0. The molecule has 0 fully saturated rings. The van der Waals surface area contributed by atoms with E-state index in [1.54, 1.807) is 6.07 Å². The summed E-state index contributed by atoms with van der Waals surface area (Å²) >= 11 is 0. The second-order valence-electron chi connectivity index (χ2n) is 6.56. The predicted molar refractivity (Wildman–Crippen MR) is 115 cm³/mol. The van der Waals surface area contributed by atoms with Crippen LogP contribution in [0.3, 0.4) is 0 Å². The normalized spacial score (nSPS) is 11.0. The maximum atomic E-state index is 9.63. The van der Waals surface area contributed by atoms with Crippen LogP contribution in [0.5, 0.6) is 11.8 Å². The van der Waals surface area contributed by atoms with Gasteiger partial charge in [-0.2, -0.15) is 0 Å². The molecule has 2 aromatic heterocycles. The molecule has 7 heteroatoms. The van der Waals surface area contributed by atoms with Crippen molar-refractivity contribution in [1.82, 2.24) is 9.97 Å². The molecule has 146 valence electrons. The van der Waals surface area contributed by atoms with Gasteiger partial charge in [0.05, 0.1) is 24.2 Å². The van der Waals surface area contributed by atoms with Crippen molar-refractivity contribution in [2.75, 3.05) is 13.2 Å². The van der Waals surface area contributed by atoms with Gasteiger partial charge in [0.2, 0.25) is 11.8 Å². The molecular weight excluding hydrogens is 367 g/mol. The summed E-state index contributed by atoms with van der Waals surface area (Å²) in [4.78, 5) is 9.18. The fraction of sp³-hybridized carbons (Fsp3) is 0.182. The quantitative estimate of drug-likeness (QED) is 0.494. The van der Waals surface area contributed by atoms with Crippen LogP contribution in [-0.2, 0) is 0 Å². The Bertz CT molecular complexity index is 1180. The third-order valence-electron chi connectivity index (χ3n) is 4.65. The summed E-state index contributed by atoms with van der Waals surface area (Å²) in [7, 11) is -1.65. The summed E-state index contributed by atoms with van der Waals surface area (Å²) in [6.45, 7) is 4.64. The van der Waals surface area contributed by atoms with Gasteiger partial charge >= 0.3 is 7.12 Å². The maximum Gasteiger partial charge on any atom is 0.494 e. The Morgan fingerprint density at radius 2 is 1.48 bits per heavy atom. The Morgan fingerprint density at radius 1 is 0.793 bits per heavy atom. The van der Waals surface area contributed by atoms with Crippen molar-refractivity contribution in [1.29, 1.82) is 0 Å². The molecule has 0 atom stereocenters. The average molecular weight is 388 g/mol. The molecule has 0 saturated heterocycles. The number of hydrogen-bond donors (Lipinski definition) is 2. The van der Waals surface area contributed by atoms with E-state index >= 15 is 0 Å². The number of rotatable bonds is 6. The first-order chi connectivity index (χ1) is 14.1. The summed E-state index contributed by atoms with van der Waals surface area (Å²) in [5.41, 5.74) is 3.59. The first kappa shape index (κ1) is 19.2. The molecule has 2 N–H and O–H groups in total. The van der Waals surface area contributed by atoms with Gasteiger partial charge in [-0.05, 0) is 43.7 Å². The zero-order valence-corrected chi connectivity index (χ0v) is 16.3. The lowest BCUT2D eigenvalue weighted by Gasteiger charge is -2.13. The van der Waals surface area contributed by atoms with Crippen LogP contribution in [0.25, 0.3) is 32.9 Å². The van der Waals surface area contributed by atoms with E-state index in [1.165, 1.54) is 0 Å². The van der Waals surface area contributed by atoms with Crippen LogP contribution in [0.15, 0.2) is 54.6 Å². The fourth-order valence-corrected chi connectivity index (χ4v) is 3.32. The fourth-order valence-electron chi connectivity index (χ4n) is 3.32. The second kappa shape index (κ2) is 8.07. The highest BCUT2D eigenvalue weighted by Crippen LogP contribution is 2.33. The third kappa shape index (κ3) is 3.74. The average Bonchev–Trinajstić information content (AvgIpc) is 2.72. The lowest BCUT2D eigenvalue weighted by Crippen LogP contribution is -2.32. The van der Waals surface area contributed by atoms with Crippen LogP contribution < -0.4 is 14.9 Å². The summed E-state index contributed by atoms with van der Waals surface area (Å²) < 4.78 is 11.3. The van der Waals surface area contributed by atoms with Crippen molar-refractivity contribution in [2.24, 2.45) is 0 Å². The Labute approximate surface area is 168 Å². The minimum absolute atomic E-state index is 0.216. The lowest BCUT2D eigenvalue weighted by atomic mass is 9.80. The Hall–Kier alpha value is -3.16. The molecule has 0 unspecified atom stereocenters. The first-order valence-corrected chi connectivity index (χ1v) is 9.57. The number of para-hydroxylation sites is 1. The van der Waals surface area contributed by atoms with Crippen LogP contribution in [-0.4, -0.2) is 40.3 Å². The van der Waals surface area contributed by atoms with E-state index in [2.05, 4.69) is 16.0 Å². The molecule has 29 heavy (non-hydrogen) atoms. The van der Waals surface area contributed by atoms with E-state index in [-0.39, 0.29) is 11.3 Å². The number of pyridine rings is 2. The van der Waals surface area contributed by atoms with Crippen molar-refractivity contribution >= 4 is 34.4 Å².